The van der Waals surface area contributed by atoms with E-state index >= 15 is 0 Å². The second-order valence-corrected chi connectivity index (χ2v) is 6.75. The van der Waals surface area contributed by atoms with Gasteiger partial charge in [-0.3, -0.25) is 19.6 Å². The Morgan fingerprint density at radius 2 is 2.24 bits per heavy atom. The second kappa shape index (κ2) is 7.04. The molecule has 0 saturated carbocycles. The van der Waals surface area contributed by atoms with Crippen LogP contribution in [0.4, 0.5) is 11.4 Å². The fourth-order valence-electron chi connectivity index (χ4n) is 2.27. The van der Waals surface area contributed by atoms with E-state index in [0.717, 1.165) is 11.1 Å². The zero-order valence-corrected chi connectivity index (χ0v) is 14.7. The maximum atomic E-state index is 12.4. The number of nitro groups is 1. The third-order valence-corrected chi connectivity index (χ3v) is 4.59. The number of nitrogens with one attached hydrogen (secondary N) is 1. The molecule has 9 heteroatoms. The second-order valence-electron chi connectivity index (χ2n) is 5.41. The summed E-state index contributed by atoms with van der Waals surface area (Å²) in [5, 5.41) is 20.2. The number of carbonyl (C=O) groups excluding carboxylic acids is 1. The Morgan fingerprint density at radius 3 is 2.92 bits per heavy atom. The number of carbonyl (C=O) groups is 1. The van der Waals surface area contributed by atoms with Gasteiger partial charge in [0.25, 0.3) is 11.6 Å². The van der Waals surface area contributed by atoms with Gasteiger partial charge in [-0.15, -0.1) is 11.3 Å². The lowest BCUT2D eigenvalue weighted by Crippen LogP contribution is -2.11. The van der Waals surface area contributed by atoms with Crippen molar-refractivity contribution in [2.75, 3.05) is 5.32 Å². The third kappa shape index (κ3) is 4.04. The van der Waals surface area contributed by atoms with E-state index in [-0.39, 0.29) is 17.3 Å². The van der Waals surface area contributed by atoms with Gasteiger partial charge >= 0.3 is 0 Å². The maximum Gasteiger partial charge on any atom is 0.293 e. The molecule has 128 valence electrons. The minimum atomic E-state index is -0.510. The molecule has 0 saturated heterocycles. The van der Waals surface area contributed by atoms with Gasteiger partial charge in [0.1, 0.15) is 5.69 Å². The van der Waals surface area contributed by atoms with Crippen molar-refractivity contribution in [3.05, 3.63) is 73.2 Å². The Kier molecular flexibility index (Phi) is 4.82. The molecule has 0 aliphatic carbocycles. The van der Waals surface area contributed by atoms with Gasteiger partial charge in [0.15, 0.2) is 0 Å². The molecule has 0 radical (unpaired) electrons. The van der Waals surface area contributed by atoms with Gasteiger partial charge < -0.3 is 5.32 Å². The molecular weight excluding hydrogens is 364 g/mol. The quantitative estimate of drug-likeness (QED) is 0.535. The van der Waals surface area contributed by atoms with Crippen LogP contribution in [0.2, 0.25) is 5.02 Å². The van der Waals surface area contributed by atoms with E-state index in [1.54, 1.807) is 29.9 Å². The Balaban J connectivity index is 1.75. The molecule has 0 aliphatic rings. The zero-order chi connectivity index (χ0) is 18.0. The number of nitrogens with zero attached hydrogens (tertiary/aromatic N) is 3. The molecule has 0 bridgehead atoms. The summed E-state index contributed by atoms with van der Waals surface area (Å²) in [6.07, 6.45) is 3.23. The molecule has 0 unspecified atom stereocenters. The first-order chi connectivity index (χ1) is 11.9. The fraction of sp³-hybridized carbons (Fsp3) is 0.125. The van der Waals surface area contributed by atoms with Crippen LogP contribution in [0.15, 0.2) is 42.0 Å². The number of rotatable bonds is 5. The van der Waals surface area contributed by atoms with Crippen LogP contribution >= 0.6 is 22.9 Å². The van der Waals surface area contributed by atoms with Crippen LogP contribution in [0.3, 0.4) is 0 Å². The topological polar surface area (TPSA) is 90.1 Å². The summed E-state index contributed by atoms with van der Waals surface area (Å²) in [6.45, 7) is 2.24. The van der Waals surface area contributed by atoms with Crippen LogP contribution in [0.1, 0.15) is 20.8 Å². The first kappa shape index (κ1) is 17.1. The lowest BCUT2D eigenvalue weighted by molar-refractivity contribution is -0.384. The summed E-state index contributed by atoms with van der Waals surface area (Å²) in [4.78, 5) is 23.5. The van der Waals surface area contributed by atoms with Crippen molar-refractivity contribution in [1.29, 1.82) is 0 Å². The molecule has 0 fully saturated rings. The van der Waals surface area contributed by atoms with Crippen LogP contribution in [0.25, 0.3) is 0 Å². The Bertz CT molecular complexity index is 951. The Morgan fingerprint density at radius 1 is 1.44 bits per heavy atom. The predicted molar refractivity (Wildman–Crippen MR) is 96.4 cm³/mol. The summed E-state index contributed by atoms with van der Waals surface area (Å²) >= 11 is 7.09. The average Bonchev–Trinajstić information content (AvgIpc) is 3.18. The highest BCUT2D eigenvalue weighted by Crippen LogP contribution is 2.26. The Labute approximate surface area is 152 Å². The number of benzene rings is 1. The van der Waals surface area contributed by atoms with Gasteiger partial charge in [-0.05, 0) is 35.6 Å². The summed E-state index contributed by atoms with van der Waals surface area (Å²) in [6, 6.07) is 6.40. The third-order valence-electron chi connectivity index (χ3n) is 3.42. The van der Waals surface area contributed by atoms with E-state index < -0.39 is 4.92 Å². The molecule has 0 aliphatic heterocycles. The number of hydrogen-bond acceptors (Lipinski definition) is 5. The smallest absolute Gasteiger partial charge is 0.293 e. The van der Waals surface area contributed by atoms with Crippen LogP contribution in [-0.4, -0.2) is 20.6 Å². The maximum absolute atomic E-state index is 12.4. The zero-order valence-electron chi connectivity index (χ0n) is 13.1. The number of anilines is 1. The van der Waals surface area contributed by atoms with Gasteiger partial charge in [-0.25, -0.2) is 0 Å². The lowest BCUT2D eigenvalue weighted by atomic mass is 10.2. The van der Waals surface area contributed by atoms with Gasteiger partial charge in [0.2, 0.25) is 0 Å². The lowest BCUT2D eigenvalue weighted by Gasteiger charge is -2.05. The predicted octanol–water partition coefficient (Wildman–Crippen LogP) is 4.12. The summed E-state index contributed by atoms with van der Waals surface area (Å²) < 4.78 is 1.66. The molecule has 7 nitrogen and oxygen atoms in total. The molecule has 0 atom stereocenters. The minimum Gasteiger partial charge on any atom is -0.316 e. The number of aromatic nitrogens is 2. The molecule has 1 aromatic carbocycles. The van der Waals surface area contributed by atoms with E-state index in [4.69, 9.17) is 11.6 Å². The number of halogens is 1. The molecule has 2 heterocycles. The fourth-order valence-corrected chi connectivity index (χ4v) is 3.23. The summed E-state index contributed by atoms with van der Waals surface area (Å²) in [5.41, 5.74) is 1.69. The van der Waals surface area contributed by atoms with Gasteiger partial charge in [-0.1, -0.05) is 17.7 Å². The van der Waals surface area contributed by atoms with Gasteiger partial charge in [-0.2, -0.15) is 5.10 Å². The van der Waals surface area contributed by atoms with Crippen LogP contribution in [0, 0.1) is 17.0 Å². The van der Waals surface area contributed by atoms with Crippen molar-refractivity contribution in [3.8, 4) is 0 Å². The number of hydrogen-bond donors (Lipinski definition) is 1. The van der Waals surface area contributed by atoms with Crippen molar-refractivity contribution in [3.63, 3.8) is 0 Å². The van der Waals surface area contributed by atoms with Gasteiger partial charge in [0.05, 0.1) is 27.6 Å². The first-order valence-corrected chi connectivity index (χ1v) is 8.50. The minimum absolute atomic E-state index is 0.128. The molecule has 2 aromatic heterocycles. The van der Waals surface area contributed by atoms with E-state index in [0.29, 0.717) is 16.4 Å². The summed E-state index contributed by atoms with van der Waals surface area (Å²) in [5.74, 6) is -0.387. The van der Waals surface area contributed by atoms with Crippen LogP contribution < -0.4 is 5.32 Å². The molecule has 1 N–H and O–H groups in total. The number of amides is 1. The average molecular weight is 377 g/mol. The standard InChI is InChI=1S/C16H13ClN4O3S/c1-10-2-3-13(14(4-10)21(23)24)19-16(22)15-5-11(9-25-15)7-20-8-12(17)6-18-20/h2-6,8-9H,7H2,1H3,(H,19,22). The van der Waals surface area contributed by atoms with Crippen LogP contribution in [-0.2, 0) is 6.54 Å². The summed E-state index contributed by atoms with van der Waals surface area (Å²) in [7, 11) is 0. The monoisotopic (exact) mass is 376 g/mol. The Hall–Kier alpha value is -2.71. The van der Waals surface area contributed by atoms with Gasteiger partial charge in [0, 0.05) is 12.3 Å². The highest BCUT2D eigenvalue weighted by Gasteiger charge is 2.18. The first-order valence-electron chi connectivity index (χ1n) is 7.24. The van der Waals surface area contributed by atoms with Crippen LogP contribution in [0.5, 0.6) is 0 Å². The van der Waals surface area contributed by atoms with E-state index in [2.05, 4.69) is 10.4 Å². The van der Waals surface area contributed by atoms with Crippen molar-refractivity contribution < 1.29 is 9.72 Å². The highest BCUT2D eigenvalue weighted by molar-refractivity contribution is 7.12. The van der Waals surface area contributed by atoms with E-state index in [1.165, 1.54) is 29.7 Å². The molecular formula is C16H13ClN4O3S. The number of aryl methyl sites for hydroxylation is 1. The normalized spacial score (nSPS) is 10.6. The van der Waals surface area contributed by atoms with E-state index in [9.17, 15) is 14.9 Å². The van der Waals surface area contributed by atoms with Crippen molar-refractivity contribution >= 4 is 40.2 Å². The molecule has 3 aromatic rings. The SMILES string of the molecule is Cc1ccc(NC(=O)c2cc(Cn3cc(Cl)cn3)cs2)c([N+](=O)[O-])c1. The largest absolute Gasteiger partial charge is 0.316 e. The number of nitro benzene ring substituents is 1. The molecule has 25 heavy (non-hydrogen) atoms. The van der Waals surface area contributed by atoms with Crippen molar-refractivity contribution in [1.82, 2.24) is 9.78 Å². The molecule has 0 spiro atoms. The van der Waals surface area contributed by atoms with E-state index in [1.807, 2.05) is 5.38 Å². The molecule has 3 rings (SSSR count). The number of thiophene rings is 1. The van der Waals surface area contributed by atoms with Crippen molar-refractivity contribution in [2.45, 2.75) is 13.5 Å². The van der Waals surface area contributed by atoms with Crippen molar-refractivity contribution in [2.24, 2.45) is 0 Å². The molecule has 1 amide bonds. The highest BCUT2D eigenvalue weighted by atomic mass is 35.5.